The molecule has 200 valence electrons. The van der Waals surface area contributed by atoms with Crippen LogP contribution in [0.1, 0.15) is 48.2 Å². The standard InChI is InChI=1S/C30H32Cl2N2O4/c1-5-38-18-22-14-25(27(37-4)15-26(22)36-3)30-33-28(20-6-10-23(31)11-7-20)29(34(30)16-19(2)17-35)21-8-12-24(32)13-9-21/h6-15,17,19,28-29H,5,16,18H2,1-4H3. The molecule has 4 rings (SSSR count). The summed E-state index contributed by atoms with van der Waals surface area (Å²) in [6, 6.07) is 18.9. The van der Waals surface area contributed by atoms with E-state index in [1.165, 1.54) is 0 Å². The van der Waals surface area contributed by atoms with Crippen molar-refractivity contribution in [3.05, 3.63) is 93.0 Å². The zero-order valence-corrected chi connectivity index (χ0v) is 23.5. The summed E-state index contributed by atoms with van der Waals surface area (Å²) in [5, 5.41) is 1.31. The highest BCUT2D eigenvalue weighted by Gasteiger charge is 2.40. The maximum absolute atomic E-state index is 11.8. The molecule has 0 saturated heterocycles. The zero-order valence-electron chi connectivity index (χ0n) is 22.0. The predicted octanol–water partition coefficient (Wildman–Crippen LogP) is 6.93. The molecule has 3 unspecified atom stereocenters. The largest absolute Gasteiger partial charge is 0.496 e. The van der Waals surface area contributed by atoms with Crippen LogP contribution in [0.2, 0.25) is 10.0 Å². The molecule has 1 aliphatic heterocycles. The predicted molar refractivity (Wildman–Crippen MR) is 152 cm³/mol. The lowest BCUT2D eigenvalue weighted by molar-refractivity contribution is -0.111. The minimum absolute atomic E-state index is 0.187. The summed E-state index contributed by atoms with van der Waals surface area (Å²) in [5.74, 6) is 1.80. The molecule has 6 nitrogen and oxygen atoms in total. The molecule has 0 bridgehead atoms. The number of benzene rings is 3. The molecule has 3 aromatic rings. The third-order valence-electron chi connectivity index (χ3n) is 6.61. The van der Waals surface area contributed by atoms with Gasteiger partial charge in [0.1, 0.15) is 29.7 Å². The third-order valence-corrected chi connectivity index (χ3v) is 7.12. The summed E-state index contributed by atoms with van der Waals surface area (Å²) in [6.45, 7) is 5.29. The molecule has 8 heteroatoms. The number of carbonyl (C=O) groups excluding carboxylic acids is 1. The minimum atomic E-state index is -0.260. The zero-order chi connectivity index (χ0) is 27.2. The van der Waals surface area contributed by atoms with E-state index in [0.717, 1.165) is 34.4 Å². The van der Waals surface area contributed by atoms with Gasteiger partial charge in [0, 0.05) is 40.7 Å². The van der Waals surface area contributed by atoms with Gasteiger partial charge in [0.15, 0.2) is 0 Å². The molecule has 0 spiro atoms. The van der Waals surface area contributed by atoms with Crippen molar-refractivity contribution in [1.82, 2.24) is 4.90 Å². The molecule has 0 N–H and O–H groups in total. The Morgan fingerprint density at radius 3 is 2.11 bits per heavy atom. The molecule has 3 atom stereocenters. The monoisotopic (exact) mass is 554 g/mol. The highest BCUT2D eigenvalue weighted by atomic mass is 35.5. The van der Waals surface area contributed by atoms with Crippen LogP contribution in [0.5, 0.6) is 11.5 Å². The van der Waals surface area contributed by atoms with Gasteiger partial charge in [-0.3, -0.25) is 4.99 Å². The quantitative estimate of drug-likeness (QED) is 0.240. The van der Waals surface area contributed by atoms with E-state index in [1.807, 2.05) is 74.5 Å². The molecule has 1 heterocycles. The highest BCUT2D eigenvalue weighted by Crippen LogP contribution is 2.45. The second kappa shape index (κ2) is 12.7. The minimum Gasteiger partial charge on any atom is -0.496 e. The Morgan fingerprint density at radius 1 is 0.947 bits per heavy atom. The second-order valence-corrected chi connectivity index (χ2v) is 10.1. The van der Waals surface area contributed by atoms with E-state index in [9.17, 15) is 4.79 Å². The molecule has 0 aliphatic carbocycles. The molecule has 0 radical (unpaired) electrons. The fourth-order valence-corrected chi connectivity index (χ4v) is 5.01. The van der Waals surface area contributed by atoms with Crippen LogP contribution < -0.4 is 9.47 Å². The van der Waals surface area contributed by atoms with Crippen LogP contribution in [0.3, 0.4) is 0 Å². The number of ether oxygens (including phenoxy) is 3. The Balaban J connectivity index is 1.93. The lowest BCUT2D eigenvalue weighted by Crippen LogP contribution is -2.36. The number of nitrogens with zero attached hydrogens (tertiary/aromatic N) is 2. The van der Waals surface area contributed by atoms with Crippen molar-refractivity contribution < 1.29 is 19.0 Å². The summed E-state index contributed by atoms with van der Waals surface area (Å²) in [7, 11) is 3.25. The number of aliphatic imine (C=N–C) groups is 1. The van der Waals surface area contributed by atoms with Gasteiger partial charge in [0.05, 0.1) is 32.4 Å². The second-order valence-electron chi connectivity index (χ2n) is 9.21. The summed E-state index contributed by atoms with van der Waals surface area (Å²) >= 11 is 12.5. The molecule has 3 aromatic carbocycles. The van der Waals surface area contributed by atoms with E-state index in [-0.39, 0.29) is 18.0 Å². The van der Waals surface area contributed by atoms with Crippen molar-refractivity contribution >= 4 is 35.3 Å². The van der Waals surface area contributed by atoms with Gasteiger partial charge in [0.25, 0.3) is 0 Å². The Bertz CT molecular complexity index is 1280. The number of aldehydes is 1. The van der Waals surface area contributed by atoms with Crippen molar-refractivity contribution in [3.63, 3.8) is 0 Å². The van der Waals surface area contributed by atoms with Crippen LogP contribution in [-0.4, -0.2) is 44.4 Å². The van der Waals surface area contributed by atoms with Crippen molar-refractivity contribution in [3.8, 4) is 11.5 Å². The number of amidine groups is 1. The normalized spacial score (nSPS) is 17.7. The average molecular weight is 556 g/mol. The van der Waals surface area contributed by atoms with Gasteiger partial charge < -0.3 is 23.9 Å². The molecule has 0 aromatic heterocycles. The van der Waals surface area contributed by atoms with E-state index in [4.69, 9.17) is 42.4 Å². The summed E-state index contributed by atoms with van der Waals surface area (Å²) in [6.07, 6.45) is 0.970. The van der Waals surface area contributed by atoms with Crippen molar-refractivity contribution in [1.29, 1.82) is 0 Å². The number of halogens is 2. The highest BCUT2D eigenvalue weighted by molar-refractivity contribution is 6.30. The van der Waals surface area contributed by atoms with Crippen LogP contribution in [0.25, 0.3) is 0 Å². The van der Waals surface area contributed by atoms with E-state index < -0.39 is 0 Å². The van der Waals surface area contributed by atoms with Gasteiger partial charge in [-0.1, -0.05) is 54.4 Å². The lowest BCUT2D eigenvalue weighted by atomic mass is 9.93. The van der Waals surface area contributed by atoms with Gasteiger partial charge in [-0.15, -0.1) is 0 Å². The number of carbonyl (C=O) groups is 1. The Morgan fingerprint density at radius 2 is 1.55 bits per heavy atom. The Labute approximate surface area is 234 Å². The maximum atomic E-state index is 11.8. The number of methoxy groups -OCH3 is 2. The first-order valence-electron chi connectivity index (χ1n) is 12.5. The van der Waals surface area contributed by atoms with Gasteiger partial charge in [-0.2, -0.15) is 0 Å². The third kappa shape index (κ3) is 5.98. The molecule has 0 saturated carbocycles. The van der Waals surface area contributed by atoms with Crippen molar-refractivity contribution in [2.75, 3.05) is 27.4 Å². The SMILES string of the molecule is CCOCc1cc(C2=NC(c3ccc(Cl)cc3)C(c3ccc(Cl)cc3)N2CC(C)C=O)c(OC)cc1OC. The smallest absolute Gasteiger partial charge is 0.136 e. The molecular formula is C30H32Cl2N2O4. The van der Waals surface area contributed by atoms with Crippen LogP contribution in [0.4, 0.5) is 0 Å². The maximum Gasteiger partial charge on any atom is 0.136 e. The van der Waals surface area contributed by atoms with Crippen molar-refractivity contribution in [2.45, 2.75) is 32.5 Å². The van der Waals surface area contributed by atoms with Gasteiger partial charge in [-0.05, 0) is 48.4 Å². The summed E-state index contributed by atoms with van der Waals surface area (Å²) < 4.78 is 17.2. The Kier molecular flexibility index (Phi) is 9.31. The topological polar surface area (TPSA) is 60.4 Å². The van der Waals surface area contributed by atoms with Crippen LogP contribution in [0.15, 0.2) is 65.7 Å². The van der Waals surface area contributed by atoms with E-state index in [1.54, 1.807) is 14.2 Å². The molecular weight excluding hydrogens is 523 g/mol. The number of rotatable bonds is 11. The van der Waals surface area contributed by atoms with Crippen LogP contribution in [0, 0.1) is 5.92 Å². The fourth-order valence-electron chi connectivity index (χ4n) is 4.76. The van der Waals surface area contributed by atoms with Gasteiger partial charge >= 0.3 is 0 Å². The summed E-state index contributed by atoms with van der Waals surface area (Å²) in [5.41, 5.74) is 3.73. The van der Waals surface area contributed by atoms with Gasteiger partial charge in [0.2, 0.25) is 0 Å². The average Bonchev–Trinajstić information content (AvgIpc) is 3.30. The molecule has 1 aliphatic rings. The number of hydrogen-bond donors (Lipinski definition) is 0. The molecule has 38 heavy (non-hydrogen) atoms. The molecule has 0 fully saturated rings. The molecule has 0 amide bonds. The summed E-state index contributed by atoms with van der Waals surface area (Å²) in [4.78, 5) is 19.3. The van der Waals surface area contributed by atoms with E-state index >= 15 is 0 Å². The number of hydrogen-bond acceptors (Lipinski definition) is 6. The first-order chi connectivity index (χ1) is 18.4. The van der Waals surface area contributed by atoms with E-state index in [0.29, 0.717) is 41.3 Å². The lowest BCUT2D eigenvalue weighted by Gasteiger charge is -2.33. The van der Waals surface area contributed by atoms with Crippen LogP contribution >= 0.6 is 23.2 Å². The van der Waals surface area contributed by atoms with Crippen molar-refractivity contribution in [2.24, 2.45) is 10.9 Å². The Hall–Kier alpha value is -3.06. The fraction of sp³-hybridized carbons (Fsp3) is 0.333. The van der Waals surface area contributed by atoms with E-state index in [2.05, 4.69) is 4.90 Å². The van der Waals surface area contributed by atoms with Crippen LogP contribution in [-0.2, 0) is 16.1 Å². The first kappa shape index (κ1) is 28.0. The van der Waals surface area contributed by atoms with Gasteiger partial charge in [-0.25, -0.2) is 0 Å². The first-order valence-corrected chi connectivity index (χ1v) is 13.3.